The quantitative estimate of drug-likeness (QED) is 0.222. The van der Waals surface area contributed by atoms with Crippen LogP contribution in [-0.4, -0.2) is 25.8 Å². The van der Waals surface area contributed by atoms with E-state index in [2.05, 4.69) is 13.8 Å². The minimum atomic E-state index is -4.10. The molecule has 0 saturated carbocycles. The Labute approximate surface area is 223 Å². The van der Waals surface area contributed by atoms with Crippen LogP contribution >= 0.6 is 0 Å². The zero-order chi connectivity index (χ0) is 27.1. The van der Waals surface area contributed by atoms with Gasteiger partial charge in [0.25, 0.3) is 0 Å². The van der Waals surface area contributed by atoms with Crippen molar-refractivity contribution < 1.29 is 21.8 Å². The Balaban J connectivity index is 1.56. The summed E-state index contributed by atoms with van der Waals surface area (Å²) in [5.41, 5.74) is 2.69. The molecule has 0 saturated heterocycles. The van der Waals surface area contributed by atoms with Gasteiger partial charge in [-0.2, -0.15) is 8.42 Å². The number of rotatable bonds is 10. The molecule has 4 rings (SSSR count). The van der Waals surface area contributed by atoms with E-state index in [1.807, 2.05) is 65.6 Å². The smallest absolute Gasteiger partial charge is 0.339 e. The molecule has 0 atom stereocenters. The highest BCUT2D eigenvalue weighted by atomic mass is 32.2. The summed E-state index contributed by atoms with van der Waals surface area (Å²) in [5, 5.41) is 0. The third-order valence-corrected chi connectivity index (χ3v) is 7.28. The fourth-order valence-electron chi connectivity index (χ4n) is 4.27. The summed E-state index contributed by atoms with van der Waals surface area (Å²) < 4.78 is 43.5. The molecular weight excluding hydrogens is 501 g/mol. The van der Waals surface area contributed by atoms with Gasteiger partial charge in [0.2, 0.25) is 5.91 Å². The molecule has 0 radical (unpaired) electrons. The highest BCUT2D eigenvalue weighted by Gasteiger charge is 2.28. The van der Waals surface area contributed by atoms with E-state index in [1.165, 1.54) is 0 Å². The SMILES string of the molecule is CC(C)CN(Cc1ccc(OS(=O)(=O)c2ccc(F)cc2)cc1)C(=O)C(c1ccccc1)c1ccccc1. The van der Waals surface area contributed by atoms with E-state index in [9.17, 15) is 17.6 Å². The predicted octanol–water partition coefficient (Wildman–Crippen LogP) is 6.41. The van der Waals surface area contributed by atoms with Crippen molar-refractivity contribution in [1.29, 1.82) is 0 Å². The normalized spacial score (nSPS) is 11.5. The minimum absolute atomic E-state index is 0.00434. The van der Waals surface area contributed by atoms with Gasteiger partial charge in [-0.25, -0.2) is 4.39 Å². The monoisotopic (exact) mass is 531 g/mol. The molecule has 196 valence electrons. The van der Waals surface area contributed by atoms with Gasteiger partial charge in [0.05, 0.1) is 5.92 Å². The number of benzene rings is 4. The third kappa shape index (κ3) is 6.86. The summed E-state index contributed by atoms with van der Waals surface area (Å²) in [4.78, 5) is 15.7. The molecule has 0 aliphatic rings. The van der Waals surface area contributed by atoms with Crippen LogP contribution in [0.1, 0.15) is 36.5 Å². The molecule has 0 N–H and O–H groups in total. The topological polar surface area (TPSA) is 63.7 Å². The third-order valence-electron chi connectivity index (χ3n) is 6.02. The van der Waals surface area contributed by atoms with Crippen molar-refractivity contribution in [1.82, 2.24) is 4.90 Å². The second-order valence-corrected chi connectivity index (χ2v) is 11.0. The number of nitrogens with zero attached hydrogens (tertiary/aromatic N) is 1. The lowest BCUT2D eigenvalue weighted by Gasteiger charge is -2.29. The van der Waals surface area contributed by atoms with Crippen LogP contribution in [0.25, 0.3) is 0 Å². The maximum atomic E-state index is 14.0. The first-order chi connectivity index (χ1) is 18.2. The van der Waals surface area contributed by atoms with Gasteiger partial charge >= 0.3 is 10.1 Å². The largest absolute Gasteiger partial charge is 0.379 e. The van der Waals surface area contributed by atoms with E-state index in [0.717, 1.165) is 41.0 Å². The summed E-state index contributed by atoms with van der Waals surface area (Å²) in [7, 11) is -4.10. The summed E-state index contributed by atoms with van der Waals surface area (Å²) >= 11 is 0. The Kier molecular flexibility index (Phi) is 8.59. The zero-order valence-electron chi connectivity index (χ0n) is 21.3. The second kappa shape index (κ2) is 12.0. The van der Waals surface area contributed by atoms with Gasteiger partial charge in [-0.1, -0.05) is 86.6 Å². The van der Waals surface area contributed by atoms with Crippen LogP contribution < -0.4 is 4.18 Å². The van der Waals surface area contributed by atoms with Crippen LogP contribution in [0.2, 0.25) is 0 Å². The van der Waals surface area contributed by atoms with E-state index in [4.69, 9.17) is 4.18 Å². The van der Waals surface area contributed by atoms with E-state index in [1.54, 1.807) is 24.3 Å². The van der Waals surface area contributed by atoms with Crippen molar-refractivity contribution in [2.75, 3.05) is 6.54 Å². The van der Waals surface area contributed by atoms with Gasteiger partial charge in [-0.05, 0) is 59.0 Å². The fourth-order valence-corrected chi connectivity index (χ4v) is 5.20. The van der Waals surface area contributed by atoms with Gasteiger partial charge in [0, 0.05) is 13.1 Å². The molecule has 4 aromatic rings. The van der Waals surface area contributed by atoms with Crippen molar-refractivity contribution in [3.8, 4) is 5.75 Å². The standard InChI is InChI=1S/C31H30FNO4S/c1-23(2)21-33(31(34)30(25-9-5-3-6-10-25)26-11-7-4-8-12-26)22-24-13-17-28(18-14-24)37-38(35,36)29-19-15-27(32)16-20-29/h3-20,23,30H,21-22H2,1-2H3. The molecule has 0 aromatic heterocycles. The van der Waals surface area contributed by atoms with Crippen molar-refractivity contribution in [2.24, 2.45) is 5.92 Å². The lowest BCUT2D eigenvalue weighted by atomic mass is 9.89. The van der Waals surface area contributed by atoms with Crippen LogP contribution in [0.4, 0.5) is 4.39 Å². The van der Waals surface area contributed by atoms with E-state index >= 15 is 0 Å². The number of carbonyl (C=O) groups is 1. The van der Waals surface area contributed by atoms with Gasteiger partial charge in [0.1, 0.15) is 16.5 Å². The first-order valence-corrected chi connectivity index (χ1v) is 13.8. The molecule has 0 aliphatic carbocycles. The van der Waals surface area contributed by atoms with Crippen molar-refractivity contribution in [2.45, 2.75) is 31.2 Å². The summed E-state index contributed by atoms with van der Waals surface area (Å²) in [5.74, 6) is -0.605. The lowest BCUT2D eigenvalue weighted by Crippen LogP contribution is -2.37. The Morgan fingerprint density at radius 1 is 0.789 bits per heavy atom. The predicted molar refractivity (Wildman–Crippen MR) is 146 cm³/mol. The number of carbonyl (C=O) groups excluding carboxylic acids is 1. The molecule has 0 unspecified atom stereocenters. The molecule has 0 bridgehead atoms. The lowest BCUT2D eigenvalue weighted by molar-refractivity contribution is -0.133. The molecule has 0 spiro atoms. The minimum Gasteiger partial charge on any atom is -0.379 e. The molecule has 5 nitrogen and oxygen atoms in total. The second-order valence-electron chi connectivity index (χ2n) is 9.50. The number of hydrogen-bond donors (Lipinski definition) is 0. The van der Waals surface area contributed by atoms with E-state index in [-0.39, 0.29) is 22.5 Å². The van der Waals surface area contributed by atoms with Gasteiger partial charge < -0.3 is 9.08 Å². The van der Waals surface area contributed by atoms with E-state index in [0.29, 0.717) is 13.1 Å². The van der Waals surface area contributed by atoms with Crippen LogP contribution in [0.5, 0.6) is 5.75 Å². The van der Waals surface area contributed by atoms with Crippen LogP contribution in [0.3, 0.4) is 0 Å². The fraction of sp³-hybridized carbons (Fsp3) is 0.194. The van der Waals surface area contributed by atoms with Crippen LogP contribution in [-0.2, 0) is 21.5 Å². The Bertz CT molecular complexity index is 1400. The maximum absolute atomic E-state index is 14.0. The van der Waals surface area contributed by atoms with Crippen LogP contribution in [0.15, 0.2) is 114 Å². The maximum Gasteiger partial charge on any atom is 0.339 e. The van der Waals surface area contributed by atoms with Crippen molar-refractivity contribution in [3.63, 3.8) is 0 Å². The van der Waals surface area contributed by atoms with Crippen LogP contribution in [0, 0.1) is 11.7 Å². The highest BCUT2D eigenvalue weighted by Crippen LogP contribution is 2.28. The Morgan fingerprint density at radius 3 is 1.82 bits per heavy atom. The molecule has 0 aliphatic heterocycles. The molecule has 1 amide bonds. The summed E-state index contributed by atoms with van der Waals surface area (Å²) in [6.07, 6.45) is 0. The first kappa shape index (κ1) is 27.1. The number of hydrogen-bond acceptors (Lipinski definition) is 4. The average Bonchev–Trinajstić information content (AvgIpc) is 2.90. The zero-order valence-corrected chi connectivity index (χ0v) is 22.1. The molecule has 7 heteroatoms. The highest BCUT2D eigenvalue weighted by molar-refractivity contribution is 7.87. The van der Waals surface area contributed by atoms with Crippen molar-refractivity contribution in [3.05, 3.63) is 132 Å². The molecule has 0 heterocycles. The van der Waals surface area contributed by atoms with E-state index < -0.39 is 21.9 Å². The molecular formula is C31H30FNO4S. The number of amides is 1. The summed E-state index contributed by atoms with van der Waals surface area (Å²) in [6.45, 7) is 5.06. The van der Waals surface area contributed by atoms with Gasteiger partial charge in [-0.15, -0.1) is 0 Å². The first-order valence-electron chi connectivity index (χ1n) is 12.4. The molecule has 0 fully saturated rings. The van der Waals surface area contributed by atoms with Crippen molar-refractivity contribution >= 4 is 16.0 Å². The summed E-state index contributed by atoms with van der Waals surface area (Å²) in [6, 6.07) is 30.5. The molecule has 38 heavy (non-hydrogen) atoms. The van der Waals surface area contributed by atoms with Gasteiger partial charge in [0.15, 0.2) is 0 Å². The van der Waals surface area contributed by atoms with Gasteiger partial charge in [-0.3, -0.25) is 4.79 Å². The average molecular weight is 532 g/mol. The Morgan fingerprint density at radius 2 is 1.32 bits per heavy atom. The Hall–Kier alpha value is -3.97. The molecule has 4 aromatic carbocycles. The number of halogens is 1.